The molecule has 0 bridgehead atoms. The molecule has 0 spiro atoms. The minimum atomic E-state index is 0.864. The molecule has 0 amide bonds. The van der Waals surface area contributed by atoms with Crippen LogP contribution < -0.4 is 4.90 Å². The zero-order valence-electron chi connectivity index (χ0n) is 15.1. The number of fused-ring (bicyclic) bond motifs is 2. The number of benzene rings is 1. The highest BCUT2D eigenvalue weighted by atomic mass is 15.1. The second-order valence-corrected chi connectivity index (χ2v) is 6.78. The highest BCUT2D eigenvalue weighted by Crippen LogP contribution is 2.32. The van der Waals surface area contributed by atoms with Crippen molar-refractivity contribution in [1.82, 2.24) is 25.1 Å². The Labute approximate surface area is 155 Å². The Hall–Kier alpha value is -3.67. The van der Waals surface area contributed by atoms with Gasteiger partial charge < -0.3 is 9.88 Å². The van der Waals surface area contributed by atoms with Gasteiger partial charge >= 0.3 is 0 Å². The van der Waals surface area contributed by atoms with Gasteiger partial charge in [0.25, 0.3) is 0 Å². The van der Waals surface area contributed by atoms with Crippen LogP contribution in [0.5, 0.6) is 0 Å². The Morgan fingerprint density at radius 3 is 2.74 bits per heavy atom. The van der Waals surface area contributed by atoms with Crippen molar-refractivity contribution < 1.29 is 0 Å². The summed E-state index contributed by atoms with van der Waals surface area (Å²) in [5.74, 6) is 0. The van der Waals surface area contributed by atoms with Crippen LogP contribution in [0.15, 0.2) is 61.1 Å². The molecule has 0 saturated heterocycles. The molecule has 0 unspecified atom stereocenters. The Kier molecular flexibility index (Phi) is 3.43. The van der Waals surface area contributed by atoms with Gasteiger partial charge in [-0.15, -0.1) is 0 Å². The maximum absolute atomic E-state index is 4.53. The Balaban J connectivity index is 1.65. The molecule has 0 aliphatic heterocycles. The van der Waals surface area contributed by atoms with Gasteiger partial charge in [0.1, 0.15) is 11.3 Å². The summed E-state index contributed by atoms with van der Waals surface area (Å²) in [6, 6.07) is 14.5. The molecular formula is C21H18N6. The molecule has 2 N–H and O–H groups in total. The van der Waals surface area contributed by atoms with E-state index in [9.17, 15) is 0 Å². The molecule has 6 heteroatoms. The molecule has 132 valence electrons. The fourth-order valence-corrected chi connectivity index (χ4v) is 3.31. The summed E-state index contributed by atoms with van der Waals surface area (Å²) in [5, 5.41) is 9.79. The molecule has 6 nitrogen and oxygen atoms in total. The lowest BCUT2D eigenvalue weighted by Gasteiger charge is -2.13. The van der Waals surface area contributed by atoms with Crippen molar-refractivity contribution in [3.63, 3.8) is 0 Å². The van der Waals surface area contributed by atoms with Crippen molar-refractivity contribution in [2.24, 2.45) is 0 Å². The maximum atomic E-state index is 4.53. The molecule has 0 fully saturated rings. The number of anilines is 1. The molecule has 0 aliphatic carbocycles. The average molecular weight is 354 g/mol. The number of rotatable bonds is 3. The Bertz CT molecular complexity index is 1230. The van der Waals surface area contributed by atoms with E-state index >= 15 is 0 Å². The molecule has 4 heterocycles. The van der Waals surface area contributed by atoms with Crippen molar-refractivity contribution in [1.29, 1.82) is 0 Å². The van der Waals surface area contributed by atoms with Crippen LogP contribution in [0.3, 0.4) is 0 Å². The first-order valence-electron chi connectivity index (χ1n) is 8.74. The lowest BCUT2D eigenvalue weighted by Crippen LogP contribution is -2.08. The smallest absolute Gasteiger partial charge is 0.137 e. The van der Waals surface area contributed by atoms with Gasteiger partial charge in [-0.25, -0.2) is 4.98 Å². The molecule has 27 heavy (non-hydrogen) atoms. The first-order chi connectivity index (χ1) is 13.2. The van der Waals surface area contributed by atoms with Crippen LogP contribution in [-0.4, -0.2) is 39.2 Å². The number of hydrogen-bond acceptors (Lipinski definition) is 4. The second-order valence-electron chi connectivity index (χ2n) is 6.78. The maximum Gasteiger partial charge on any atom is 0.137 e. The van der Waals surface area contributed by atoms with Gasteiger partial charge in [-0.05, 0) is 42.0 Å². The fourth-order valence-electron chi connectivity index (χ4n) is 3.31. The molecule has 0 saturated carbocycles. The number of hydrogen-bond donors (Lipinski definition) is 2. The van der Waals surface area contributed by atoms with Crippen molar-refractivity contribution in [3.05, 3.63) is 61.1 Å². The van der Waals surface area contributed by atoms with Crippen molar-refractivity contribution in [3.8, 4) is 22.5 Å². The normalized spacial score (nSPS) is 11.3. The summed E-state index contributed by atoms with van der Waals surface area (Å²) in [6.45, 7) is 0. The minimum Gasteiger partial charge on any atom is -0.376 e. The van der Waals surface area contributed by atoms with Gasteiger partial charge in [-0.1, -0.05) is 6.07 Å². The number of nitrogens with zero attached hydrogens (tertiary/aromatic N) is 4. The van der Waals surface area contributed by atoms with E-state index in [1.807, 2.05) is 38.6 Å². The summed E-state index contributed by atoms with van der Waals surface area (Å²) in [6.07, 6.45) is 5.54. The van der Waals surface area contributed by atoms with E-state index in [1.165, 1.54) is 0 Å². The largest absolute Gasteiger partial charge is 0.376 e. The molecule has 0 radical (unpaired) electrons. The third kappa shape index (κ3) is 2.62. The Morgan fingerprint density at radius 2 is 1.89 bits per heavy atom. The summed E-state index contributed by atoms with van der Waals surface area (Å²) in [4.78, 5) is 14.2. The minimum absolute atomic E-state index is 0.864. The third-order valence-corrected chi connectivity index (χ3v) is 4.78. The summed E-state index contributed by atoms with van der Waals surface area (Å²) in [5.41, 5.74) is 6.96. The molecule has 0 aliphatic rings. The zero-order valence-corrected chi connectivity index (χ0v) is 15.1. The van der Waals surface area contributed by atoms with Crippen LogP contribution in [-0.2, 0) is 0 Å². The van der Waals surface area contributed by atoms with Gasteiger partial charge in [0.2, 0.25) is 0 Å². The topological polar surface area (TPSA) is 73.5 Å². The second kappa shape index (κ2) is 5.95. The SMILES string of the molecule is CN(C)c1cncc(-c2ccc3[nH]nc(-c4cc5cccnc5[nH]4)c3c2)c1. The average Bonchev–Trinajstić information content (AvgIpc) is 3.31. The van der Waals surface area contributed by atoms with E-state index < -0.39 is 0 Å². The van der Waals surface area contributed by atoms with E-state index in [0.717, 1.165) is 50.1 Å². The van der Waals surface area contributed by atoms with E-state index in [0.29, 0.717) is 0 Å². The predicted molar refractivity (Wildman–Crippen MR) is 109 cm³/mol. The number of aromatic nitrogens is 5. The molecule has 5 rings (SSSR count). The van der Waals surface area contributed by atoms with E-state index in [4.69, 9.17) is 0 Å². The monoisotopic (exact) mass is 354 g/mol. The van der Waals surface area contributed by atoms with E-state index in [2.05, 4.69) is 60.4 Å². The van der Waals surface area contributed by atoms with E-state index in [-0.39, 0.29) is 0 Å². The van der Waals surface area contributed by atoms with Crippen LogP contribution in [0.2, 0.25) is 0 Å². The zero-order chi connectivity index (χ0) is 18.4. The number of nitrogens with one attached hydrogen (secondary N) is 2. The van der Waals surface area contributed by atoms with Gasteiger partial charge in [-0.3, -0.25) is 10.1 Å². The number of aromatic amines is 2. The number of H-pyrrole nitrogens is 2. The quantitative estimate of drug-likeness (QED) is 0.508. The Morgan fingerprint density at radius 1 is 0.963 bits per heavy atom. The number of pyridine rings is 2. The van der Waals surface area contributed by atoms with Crippen molar-refractivity contribution >= 4 is 27.6 Å². The first-order valence-corrected chi connectivity index (χ1v) is 8.74. The van der Waals surface area contributed by atoms with Gasteiger partial charge in [0.05, 0.1) is 23.1 Å². The summed E-state index contributed by atoms with van der Waals surface area (Å²) in [7, 11) is 4.03. The molecule has 5 aromatic rings. The molecule has 4 aromatic heterocycles. The lowest BCUT2D eigenvalue weighted by atomic mass is 10.0. The predicted octanol–water partition coefficient (Wildman–Crippen LogP) is 4.23. The van der Waals surface area contributed by atoms with Gasteiger partial charge in [0, 0.05) is 42.8 Å². The first kappa shape index (κ1) is 15.6. The summed E-state index contributed by atoms with van der Waals surface area (Å²) < 4.78 is 0. The third-order valence-electron chi connectivity index (χ3n) is 4.78. The van der Waals surface area contributed by atoms with E-state index in [1.54, 1.807) is 6.20 Å². The van der Waals surface area contributed by atoms with Crippen molar-refractivity contribution in [2.45, 2.75) is 0 Å². The van der Waals surface area contributed by atoms with Crippen LogP contribution in [0.4, 0.5) is 5.69 Å². The molecule has 1 aromatic carbocycles. The van der Waals surface area contributed by atoms with Crippen LogP contribution in [0, 0.1) is 0 Å². The molecular weight excluding hydrogens is 336 g/mol. The van der Waals surface area contributed by atoms with Crippen LogP contribution in [0.1, 0.15) is 0 Å². The van der Waals surface area contributed by atoms with Gasteiger partial charge in [0.15, 0.2) is 0 Å². The lowest BCUT2D eigenvalue weighted by molar-refractivity contribution is 1.11. The fraction of sp³-hybridized carbons (Fsp3) is 0.0952. The van der Waals surface area contributed by atoms with Gasteiger partial charge in [-0.2, -0.15) is 5.10 Å². The van der Waals surface area contributed by atoms with Crippen LogP contribution in [0.25, 0.3) is 44.5 Å². The highest BCUT2D eigenvalue weighted by Gasteiger charge is 2.13. The summed E-state index contributed by atoms with van der Waals surface area (Å²) >= 11 is 0. The highest BCUT2D eigenvalue weighted by molar-refractivity contribution is 5.97. The van der Waals surface area contributed by atoms with Crippen LogP contribution >= 0.6 is 0 Å². The standard InChI is InChI=1S/C21H18N6/c1-27(2)16-8-15(11-22-12-16)13-5-6-18-17(9-13)20(26-25-18)19-10-14-4-3-7-23-21(14)24-19/h3-12H,1-2H3,(H,23,24)(H,25,26). The molecule has 0 atom stereocenters. The van der Waals surface area contributed by atoms with Crippen molar-refractivity contribution in [2.75, 3.05) is 19.0 Å².